The van der Waals surface area contributed by atoms with Crippen LogP contribution in [-0.2, 0) is 38.2 Å². The van der Waals surface area contributed by atoms with E-state index in [1.165, 1.54) is 14.0 Å². The Morgan fingerprint density at radius 3 is 2.25 bits per heavy atom. The zero-order valence-corrected chi connectivity index (χ0v) is 33.5. The molecule has 0 saturated carbocycles. The van der Waals surface area contributed by atoms with Crippen molar-refractivity contribution in [2.75, 3.05) is 7.11 Å². The highest BCUT2D eigenvalue weighted by Crippen LogP contribution is 2.56. The molecule has 0 aromatic rings. The van der Waals surface area contributed by atoms with E-state index in [-0.39, 0.29) is 49.0 Å². The molecule has 0 unspecified atom stereocenters. The Bertz CT molecular complexity index is 1590. The summed E-state index contributed by atoms with van der Waals surface area (Å²) in [6.45, 7) is 15.7. The monoisotopic (exact) mass is 738 g/mol. The number of hydrogen-bond acceptors (Lipinski definition) is 10. The first kappa shape index (κ1) is 42.5. The molecule has 1 saturated heterocycles. The first-order valence-corrected chi connectivity index (χ1v) is 19.3. The second-order valence-corrected chi connectivity index (χ2v) is 17.1. The number of rotatable bonds is 3. The Hall–Kier alpha value is -3.21. The molecule has 294 valence electrons. The van der Waals surface area contributed by atoms with Gasteiger partial charge in [-0.05, 0) is 104 Å². The van der Waals surface area contributed by atoms with E-state index in [0.717, 1.165) is 16.7 Å². The number of Topliss-reactive ketones (excluding diaryl/α,β-unsaturated/α-hetero) is 2. The third kappa shape index (κ3) is 9.03. The quantitative estimate of drug-likeness (QED) is 0.238. The standard InChI is InChI=1S/C43H62O10/c1-24(2)30-21-34(45)27(5)13-11-12-25(3)19-35(46)33-20-28(6)31-22-39(52-29(7)44)42(9,50)38-16-17-41(8,49)37(53-38)15-14-26(4)18-32(31)43(33,23-36(30)47)40(48)51-10/h13,18-19,24,30,32-33,37-39,49-50H,11-12,14-17,20-23H2,1-10H3/b25-19+,26-18-,27-13-/t30-,32+,33+,37+,38+,39-,41+,42-,43-/m0/s1. The fraction of sp³-hybridized carbons (Fsp3) is 0.698. The van der Waals surface area contributed by atoms with Crippen LogP contribution in [0.5, 0.6) is 0 Å². The van der Waals surface area contributed by atoms with Crippen molar-refractivity contribution < 1.29 is 48.4 Å². The van der Waals surface area contributed by atoms with Crippen LogP contribution in [-0.4, -0.2) is 76.1 Å². The van der Waals surface area contributed by atoms with Gasteiger partial charge in [-0.3, -0.25) is 24.0 Å². The van der Waals surface area contributed by atoms with E-state index in [9.17, 15) is 34.2 Å². The molecule has 0 aromatic carbocycles. The minimum Gasteiger partial charge on any atom is -0.469 e. The summed E-state index contributed by atoms with van der Waals surface area (Å²) in [5.41, 5.74) is -0.945. The summed E-state index contributed by atoms with van der Waals surface area (Å²) in [5, 5.41) is 23.6. The van der Waals surface area contributed by atoms with E-state index in [1.807, 2.05) is 46.8 Å². The lowest BCUT2D eigenvalue weighted by atomic mass is 9.53. The fourth-order valence-electron chi connectivity index (χ4n) is 9.14. The first-order chi connectivity index (χ1) is 24.6. The summed E-state index contributed by atoms with van der Waals surface area (Å²) in [6, 6.07) is 0. The molecule has 2 aliphatic heterocycles. The van der Waals surface area contributed by atoms with Crippen molar-refractivity contribution in [3.8, 4) is 0 Å². The highest BCUT2D eigenvalue weighted by Gasteiger charge is 2.60. The average Bonchev–Trinajstić information content (AvgIpc) is 3.06. The van der Waals surface area contributed by atoms with Crippen LogP contribution in [0.2, 0.25) is 0 Å². The Labute approximate surface area is 315 Å². The number of ketones is 3. The van der Waals surface area contributed by atoms with Crippen LogP contribution in [0.1, 0.15) is 127 Å². The number of carbonyl (C=O) groups excluding carboxylic acids is 5. The third-order valence-electron chi connectivity index (χ3n) is 12.6. The minimum absolute atomic E-state index is 0.00736. The lowest BCUT2D eigenvalue weighted by Crippen LogP contribution is -2.59. The highest BCUT2D eigenvalue weighted by molar-refractivity contribution is 6.02. The number of allylic oxidation sites excluding steroid dienone is 7. The zero-order chi connectivity index (χ0) is 39.6. The summed E-state index contributed by atoms with van der Waals surface area (Å²) in [7, 11) is 1.26. The number of methoxy groups -OCH3 is 1. The van der Waals surface area contributed by atoms with Gasteiger partial charge in [-0.25, -0.2) is 0 Å². The molecule has 2 bridgehead atoms. The average molecular weight is 739 g/mol. The van der Waals surface area contributed by atoms with Crippen molar-refractivity contribution in [2.24, 2.45) is 29.1 Å². The molecule has 4 rings (SSSR count). The van der Waals surface area contributed by atoms with Gasteiger partial charge in [0.05, 0.1) is 30.3 Å². The fourth-order valence-corrected chi connectivity index (χ4v) is 9.14. The number of hydrogen-bond donors (Lipinski definition) is 2. The normalized spacial score (nSPS) is 39.7. The van der Waals surface area contributed by atoms with Gasteiger partial charge in [0.2, 0.25) is 0 Å². The van der Waals surface area contributed by atoms with Crippen LogP contribution < -0.4 is 0 Å². The summed E-state index contributed by atoms with van der Waals surface area (Å²) in [5.74, 6) is -4.86. The SMILES string of the molecule is COC(=O)[C@]12CC(=O)[C@H](C(C)C)CC(=O)/C(C)=C\CC/C(C)=C/C(=O)[C@H]1CC(C)=C1C[C@H](OC(C)=O)[C@@](C)(O)[C@H]3CC[C@@](C)(O)[C@@H](CC/C(C)=C\[C@H]12)O3. The maximum Gasteiger partial charge on any atom is 0.313 e. The summed E-state index contributed by atoms with van der Waals surface area (Å²) < 4.78 is 17.9. The number of aliphatic hydroxyl groups is 2. The van der Waals surface area contributed by atoms with Crippen LogP contribution in [0, 0.1) is 29.1 Å². The van der Waals surface area contributed by atoms with Gasteiger partial charge in [0.15, 0.2) is 11.6 Å². The van der Waals surface area contributed by atoms with Crippen LogP contribution in [0.25, 0.3) is 0 Å². The van der Waals surface area contributed by atoms with Gasteiger partial charge in [-0.15, -0.1) is 0 Å². The lowest BCUT2D eigenvalue weighted by molar-refractivity contribution is -0.239. The second-order valence-electron chi connectivity index (χ2n) is 17.1. The predicted octanol–water partition coefficient (Wildman–Crippen LogP) is 6.66. The summed E-state index contributed by atoms with van der Waals surface area (Å²) in [6.07, 6.45) is 5.18. The van der Waals surface area contributed by atoms with E-state index >= 15 is 0 Å². The molecule has 4 aliphatic rings. The van der Waals surface area contributed by atoms with Gasteiger partial charge in [0.1, 0.15) is 17.5 Å². The number of carbonyl (C=O) groups is 5. The van der Waals surface area contributed by atoms with Gasteiger partial charge < -0.3 is 24.4 Å². The Morgan fingerprint density at radius 1 is 0.943 bits per heavy atom. The molecule has 0 spiro atoms. The summed E-state index contributed by atoms with van der Waals surface area (Å²) in [4.78, 5) is 70.3. The lowest BCUT2D eigenvalue weighted by Gasteiger charge is -2.50. The molecule has 10 heteroatoms. The molecular weight excluding hydrogens is 676 g/mol. The largest absolute Gasteiger partial charge is 0.469 e. The molecule has 0 amide bonds. The Balaban J connectivity index is 2.05. The van der Waals surface area contributed by atoms with E-state index in [0.29, 0.717) is 49.7 Å². The van der Waals surface area contributed by atoms with E-state index in [4.69, 9.17) is 14.2 Å². The summed E-state index contributed by atoms with van der Waals surface area (Å²) >= 11 is 0. The number of ether oxygens (including phenoxy) is 3. The first-order valence-electron chi connectivity index (χ1n) is 19.3. The van der Waals surface area contributed by atoms with Crippen molar-refractivity contribution >= 4 is 29.3 Å². The number of esters is 2. The molecule has 0 radical (unpaired) electrons. The van der Waals surface area contributed by atoms with Crippen molar-refractivity contribution in [2.45, 2.75) is 156 Å². The maximum absolute atomic E-state index is 14.8. The third-order valence-corrected chi connectivity index (χ3v) is 12.6. The molecule has 10 nitrogen and oxygen atoms in total. The van der Waals surface area contributed by atoms with Crippen molar-refractivity contribution in [3.05, 3.63) is 46.1 Å². The topological polar surface area (TPSA) is 154 Å². The zero-order valence-electron chi connectivity index (χ0n) is 33.5. The van der Waals surface area contributed by atoms with Gasteiger partial charge >= 0.3 is 11.9 Å². The van der Waals surface area contributed by atoms with E-state index < -0.39 is 64.6 Å². The van der Waals surface area contributed by atoms with E-state index in [2.05, 4.69) is 0 Å². The van der Waals surface area contributed by atoms with Gasteiger partial charge in [-0.1, -0.05) is 48.3 Å². The second kappa shape index (κ2) is 16.7. The predicted molar refractivity (Wildman–Crippen MR) is 200 cm³/mol. The van der Waals surface area contributed by atoms with Gasteiger partial charge in [-0.2, -0.15) is 0 Å². The molecule has 1 fully saturated rings. The molecule has 9 atom stereocenters. The van der Waals surface area contributed by atoms with Gasteiger partial charge in [0.25, 0.3) is 0 Å². The molecule has 2 aliphatic carbocycles. The van der Waals surface area contributed by atoms with Crippen LogP contribution in [0.3, 0.4) is 0 Å². The smallest absolute Gasteiger partial charge is 0.313 e. The molecule has 2 N–H and O–H groups in total. The minimum atomic E-state index is -1.73. The van der Waals surface area contributed by atoms with Gasteiger partial charge in [0, 0.05) is 43.9 Å². The van der Waals surface area contributed by atoms with Crippen molar-refractivity contribution in [1.82, 2.24) is 0 Å². The molecular formula is C43H62O10. The molecule has 0 aromatic heterocycles. The van der Waals surface area contributed by atoms with Crippen LogP contribution in [0.15, 0.2) is 46.1 Å². The van der Waals surface area contributed by atoms with Crippen molar-refractivity contribution in [1.29, 1.82) is 0 Å². The molecule has 53 heavy (non-hydrogen) atoms. The highest BCUT2D eigenvalue weighted by atomic mass is 16.6. The molecule has 2 heterocycles. The van der Waals surface area contributed by atoms with Crippen LogP contribution in [0.4, 0.5) is 0 Å². The number of fused-ring (bicyclic) bond motifs is 5. The van der Waals surface area contributed by atoms with E-state index in [1.54, 1.807) is 26.8 Å². The van der Waals surface area contributed by atoms with Crippen molar-refractivity contribution in [3.63, 3.8) is 0 Å². The Morgan fingerprint density at radius 2 is 1.62 bits per heavy atom. The Kier molecular flexibility index (Phi) is 13.4. The van der Waals surface area contributed by atoms with Crippen LogP contribution >= 0.6 is 0 Å². The maximum atomic E-state index is 14.8.